The molecule has 0 fully saturated rings. The maximum atomic E-state index is 11.8. The Kier molecular flexibility index (Phi) is 5.18. The van der Waals surface area contributed by atoms with Gasteiger partial charge in [0, 0.05) is 4.88 Å². The molecule has 0 radical (unpaired) electrons. The molecule has 1 aromatic carbocycles. The van der Waals surface area contributed by atoms with E-state index in [2.05, 4.69) is 0 Å². The van der Waals surface area contributed by atoms with E-state index < -0.39 is 0 Å². The highest BCUT2D eigenvalue weighted by Gasteiger charge is 2.21. The Hall–Kier alpha value is -1.81. The average Bonchev–Trinajstić information content (AvgIpc) is 2.97. The highest BCUT2D eigenvalue weighted by atomic mass is 32.1. The van der Waals surface area contributed by atoms with Crippen molar-refractivity contribution in [3.05, 3.63) is 52.2 Å². The van der Waals surface area contributed by atoms with E-state index in [0.29, 0.717) is 13.0 Å². The second kappa shape index (κ2) is 7.10. The monoisotopic (exact) mass is 290 g/mol. The predicted molar refractivity (Wildman–Crippen MR) is 80.2 cm³/mol. The Labute approximate surface area is 123 Å². The summed E-state index contributed by atoms with van der Waals surface area (Å²) in [4.78, 5) is 13.0. The minimum Gasteiger partial charge on any atom is -0.493 e. The van der Waals surface area contributed by atoms with E-state index in [1.807, 2.05) is 48.7 Å². The van der Waals surface area contributed by atoms with Crippen molar-refractivity contribution in [3.8, 4) is 5.75 Å². The maximum absolute atomic E-state index is 11.8. The van der Waals surface area contributed by atoms with Gasteiger partial charge in [0.25, 0.3) is 0 Å². The number of benzene rings is 1. The third-order valence-corrected chi connectivity index (χ3v) is 3.93. The van der Waals surface area contributed by atoms with Gasteiger partial charge in [0.2, 0.25) is 0 Å². The van der Waals surface area contributed by atoms with Gasteiger partial charge in [-0.25, -0.2) is 0 Å². The lowest BCUT2D eigenvalue weighted by atomic mass is 10.1. The normalized spacial score (nSPS) is 11.9. The third kappa shape index (κ3) is 4.10. The minimum absolute atomic E-state index is 0.231. The summed E-state index contributed by atoms with van der Waals surface area (Å²) >= 11 is 1.64. The van der Waals surface area contributed by atoms with Gasteiger partial charge in [-0.05, 0) is 36.9 Å². The maximum Gasteiger partial charge on any atom is 0.312 e. The van der Waals surface area contributed by atoms with Crippen molar-refractivity contribution >= 4 is 17.3 Å². The zero-order valence-corrected chi connectivity index (χ0v) is 12.5. The van der Waals surface area contributed by atoms with Crippen LogP contribution in [-0.2, 0) is 16.0 Å². The van der Waals surface area contributed by atoms with Crippen LogP contribution in [0.3, 0.4) is 0 Å². The molecule has 1 aromatic heterocycles. The molecule has 0 aliphatic carbocycles. The van der Waals surface area contributed by atoms with Gasteiger partial charge in [-0.1, -0.05) is 23.8 Å². The molecule has 0 saturated carbocycles. The summed E-state index contributed by atoms with van der Waals surface area (Å²) in [6.07, 6.45) is 0.649. The van der Waals surface area contributed by atoms with E-state index in [-0.39, 0.29) is 11.9 Å². The van der Waals surface area contributed by atoms with Crippen LogP contribution in [0.15, 0.2) is 41.8 Å². The molecule has 1 unspecified atom stereocenters. The largest absolute Gasteiger partial charge is 0.493 e. The summed E-state index contributed by atoms with van der Waals surface area (Å²) in [5.74, 6) is 0.265. The van der Waals surface area contributed by atoms with Crippen LogP contribution in [0.2, 0.25) is 0 Å². The Morgan fingerprint density at radius 2 is 2.00 bits per heavy atom. The molecule has 2 rings (SSSR count). The molecule has 2 aromatic rings. The van der Waals surface area contributed by atoms with Crippen LogP contribution in [0.5, 0.6) is 5.75 Å². The fraction of sp³-hybridized carbons (Fsp3) is 0.312. The molecule has 3 nitrogen and oxygen atoms in total. The summed E-state index contributed by atoms with van der Waals surface area (Å²) in [5, 5.41) is 2.00. The van der Waals surface area contributed by atoms with Crippen molar-refractivity contribution in [2.24, 2.45) is 5.92 Å². The third-order valence-electron chi connectivity index (χ3n) is 3.03. The molecule has 1 atom stereocenters. The Morgan fingerprint density at radius 1 is 1.25 bits per heavy atom. The molecule has 0 spiro atoms. The number of rotatable bonds is 6. The van der Waals surface area contributed by atoms with E-state index in [1.54, 1.807) is 11.3 Å². The molecule has 0 aliphatic heterocycles. The molecular formula is C16H18O3S. The lowest BCUT2D eigenvalue weighted by Gasteiger charge is -2.15. The zero-order chi connectivity index (χ0) is 14.4. The molecule has 0 amide bonds. The van der Waals surface area contributed by atoms with Crippen molar-refractivity contribution in [2.75, 3.05) is 13.7 Å². The number of ether oxygens (including phenoxy) is 2. The summed E-state index contributed by atoms with van der Waals surface area (Å²) in [6.45, 7) is 2.35. The van der Waals surface area contributed by atoms with E-state index >= 15 is 0 Å². The lowest BCUT2D eigenvalue weighted by molar-refractivity contribution is -0.146. The van der Waals surface area contributed by atoms with Gasteiger partial charge in [-0.2, -0.15) is 0 Å². The number of methoxy groups -OCH3 is 1. The topological polar surface area (TPSA) is 35.5 Å². The van der Waals surface area contributed by atoms with Crippen molar-refractivity contribution in [1.29, 1.82) is 0 Å². The first kappa shape index (κ1) is 14.6. The van der Waals surface area contributed by atoms with Gasteiger partial charge in [0.05, 0.1) is 13.0 Å². The van der Waals surface area contributed by atoms with E-state index in [1.165, 1.54) is 12.7 Å². The number of esters is 1. The minimum atomic E-state index is -0.278. The van der Waals surface area contributed by atoms with E-state index in [0.717, 1.165) is 10.6 Å². The fourth-order valence-corrected chi connectivity index (χ4v) is 2.67. The molecule has 1 heterocycles. The number of hydrogen-bond donors (Lipinski definition) is 0. The van der Waals surface area contributed by atoms with Crippen molar-refractivity contribution < 1.29 is 14.3 Å². The van der Waals surface area contributed by atoms with E-state index in [9.17, 15) is 4.79 Å². The van der Waals surface area contributed by atoms with Crippen molar-refractivity contribution in [2.45, 2.75) is 13.3 Å². The van der Waals surface area contributed by atoms with Crippen LogP contribution in [0.25, 0.3) is 0 Å². The fourth-order valence-electron chi connectivity index (χ4n) is 1.88. The number of hydrogen-bond acceptors (Lipinski definition) is 4. The van der Waals surface area contributed by atoms with E-state index in [4.69, 9.17) is 9.47 Å². The van der Waals surface area contributed by atoms with Crippen LogP contribution in [0.1, 0.15) is 10.4 Å². The average molecular weight is 290 g/mol. The number of thiophene rings is 1. The molecule has 0 N–H and O–H groups in total. The number of carbonyl (C=O) groups excluding carboxylic acids is 1. The second-order valence-corrected chi connectivity index (χ2v) is 5.66. The summed E-state index contributed by atoms with van der Waals surface area (Å²) < 4.78 is 10.6. The quantitative estimate of drug-likeness (QED) is 0.764. The molecule has 0 bridgehead atoms. The van der Waals surface area contributed by atoms with Crippen molar-refractivity contribution in [1.82, 2.24) is 0 Å². The highest BCUT2D eigenvalue weighted by Crippen LogP contribution is 2.18. The Bertz CT molecular complexity index is 531. The van der Waals surface area contributed by atoms with Crippen LogP contribution < -0.4 is 4.74 Å². The van der Waals surface area contributed by atoms with Gasteiger partial charge >= 0.3 is 5.97 Å². The van der Waals surface area contributed by atoms with Crippen LogP contribution >= 0.6 is 11.3 Å². The smallest absolute Gasteiger partial charge is 0.312 e. The number of aryl methyl sites for hydroxylation is 1. The van der Waals surface area contributed by atoms with Gasteiger partial charge in [0.1, 0.15) is 12.4 Å². The van der Waals surface area contributed by atoms with Gasteiger partial charge < -0.3 is 9.47 Å². The predicted octanol–water partition coefficient (Wildman–Crippen LogP) is 3.47. The summed E-state index contributed by atoms with van der Waals surface area (Å²) in [7, 11) is 1.41. The van der Waals surface area contributed by atoms with Crippen LogP contribution in [-0.4, -0.2) is 19.7 Å². The van der Waals surface area contributed by atoms with Gasteiger partial charge in [-0.3, -0.25) is 4.79 Å². The second-order valence-electron chi connectivity index (χ2n) is 4.63. The molecule has 0 aliphatic rings. The Balaban J connectivity index is 1.97. The van der Waals surface area contributed by atoms with Crippen molar-refractivity contribution in [3.63, 3.8) is 0 Å². The van der Waals surface area contributed by atoms with Crippen LogP contribution in [0.4, 0.5) is 0 Å². The molecule has 0 saturated heterocycles. The van der Waals surface area contributed by atoms with Crippen LogP contribution in [0, 0.1) is 12.8 Å². The highest BCUT2D eigenvalue weighted by molar-refractivity contribution is 7.09. The SMILES string of the molecule is COC(=O)C(COc1ccc(C)cc1)Cc1cccs1. The van der Waals surface area contributed by atoms with Gasteiger partial charge in [0.15, 0.2) is 0 Å². The molecule has 106 valence electrons. The summed E-state index contributed by atoms with van der Waals surface area (Å²) in [5.41, 5.74) is 1.18. The zero-order valence-electron chi connectivity index (χ0n) is 11.7. The summed E-state index contributed by atoms with van der Waals surface area (Å²) in [6, 6.07) is 11.8. The Morgan fingerprint density at radius 3 is 2.60 bits per heavy atom. The first-order valence-electron chi connectivity index (χ1n) is 6.48. The number of carbonyl (C=O) groups is 1. The first-order chi connectivity index (χ1) is 9.69. The standard InChI is InChI=1S/C16H18O3S/c1-12-5-7-14(8-6-12)19-11-13(16(17)18-2)10-15-4-3-9-20-15/h3-9,13H,10-11H2,1-2H3. The molecule has 4 heteroatoms. The lowest BCUT2D eigenvalue weighted by Crippen LogP contribution is -2.25. The van der Waals surface area contributed by atoms with Gasteiger partial charge in [-0.15, -0.1) is 11.3 Å². The first-order valence-corrected chi connectivity index (χ1v) is 7.36. The molecule has 20 heavy (non-hydrogen) atoms. The molecular weight excluding hydrogens is 272 g/mol.